The molecule has 4 nitrogen and oxygen atoms in total. The van der Waals surface area contributed by atoms with Gasteiger partial charge in [-0.25, -0.2) is 4.39 Å². The fourth-order valence-corrected chi connectivity index (χ4v) is 3.74. The second-order valence-electron chi connectivity index (χ2n) is 6.09. The average molecular weight is 347 g/mol. The molecule has 1 aromatic heterocycles. The maximum Gasteiger partial charge on any atom is 0.234 e. The Morgan fingerprint density at radius 1 is 1.42 bits per heavy atom. The van der Waals surface area contributed by atoms with Crippen molar-refractivity contribution >= 4 is 17.2 Å². The second kappa shape index (κ2) is 7.88. The first kappa shape index (κ1) is 17.1. The van der Waals surface area contributed by atoms with Crippen molar-refractivity contribution in [2.24, 2.45) is 0 Å². The van der Waals surface area contributed by atoms with E-state index in [2.05, 4.69) is 22.5 Å². The van der Waals surface area contributed by atoms with Crippen LogP contribution < -0.4 is 10.6 Å². The van der Waals surface area contributed by atoms with E-state index in [9.17, 15) is 9.18 Å². The molecule has 1 fully saturated rings. The van der Waals surface area contributed by atoms with Crippen LogP contribution in [0.25, 0.3) is 0 Å². The number of nitrogens with zero attached hydrogens (tertiary/aromatic N) is 1. The van der Waals surface area contributed by atoms with Gasteiger partial charge in [0.25, 0.3) is 0 Å². The number of carbonyl (C=O) groups is 1. The Bertz CT molecular complexity index is 659. The molecule has 1 aliphatic rings. The Labute approximate surface area is 145 Å². The third-order valence-corrected chi connectivity index (χ3v) is 5.26. The van der Waals surface area contributed by atoms with Crippen LogP contribution in [-0.2, 0) is 4.79 Å². The van der Waals surface area contributed by atoms with Crippen LogP contribution in [0.3, 0.4) is 0 Å². The minimum Gasteiger partial charge on any atom is -0.343 e. The maximum absolute atomic E-state index is 13.2. The largest absolute Gasteiger partial charge is 0.343 e. The van der Waals surface area contributed by atoms with Gasteiger partial charge in [-0.1, -0.05) is 18.2 Å². The number of amides is 1. The molecule has 1 unspecified atom stereocenters. The van der Waals surface area contributed by atoms with Crippen LogP contribution in [0.4, 0.5) is 4.39 Å². The van der Waals surface area contributed by atoms with Gasteiger partial charge in [-0.2, -0.15) is 0 Å². The third-order valence-electron chi connectivity index (χ3n) is 4.32. The highest BCUT2D eigenvalue weighted by Crippen LogP contribution is 2.26. The van der Waals surface area contributed by atoms with E-state index in [1.807, 2.05) is 17.5 Å². The van der Waals surface area contributed by atoms with Crippen LogP contribution in [0.5, 0.6) is 0 Å². The lowest BCUT2D eigenvalue weighted by Gasteiger charge is -2.33. The summed E-state index contributed by atoms with van der Waals surface area (Å²) in [4.78, 5) is 15.8. The van der Waals surface area contributed by atoms with Gasteiger partial charge in [0.2, 0.25) is 5.91 Å². The average Bonchev–Trinajstić information content (AvgIpc) is 3.10. The molecule has 0 radical (unpaired) electrons. The molecule has 2 aromatic rings. The number of rotatable bonds is 5. The van der Waals surface area contributed by atoms with Crippen molar-refractivity contribution in [3.63, 3.8) is 0 Å². The molecule has 1 amide bonds. The molecule has 0 aliphatic carbocycles. The van der Waals surface area contributed by atoms with Gasteiger partial charge in [-0.05, 0) is 36.1 Å². The molecule has 0 saturated carbocycles. The predicted molar refractivity (Wildman–Crippen MR) is 94.6 cm³/mol. The minimum absolute atomic E-state index is 0.00789. The smallest absolute Gasteiger partial charge is 0.234 e. The van der Waals surface area contributed by atoms with Crippen LogP contribution >= 0.6 is 11.3 Å². The Morgan fingerprint density at radius 2 is 2.21 bits per heavy atom. The highest BCUT2D eigenvalue weighted by atomic mass is 32.1. The van der Waals surface area contributed by atoms with Crippen LogP contribution in [0.1, 0.15) is 23.4 Å². The second-order valence-corrected chi connectivity index (χ2v) is 7.07. The molecule has 1 aliphatic heterocycles. The van der Waals surface area contributed by atoms with Crippen LogP contribution in [0.15, 0.2) is 41.8 Å². The lowest BCUT2D eigenvalue weighted by molar-refractivity contribution is -0.123. The number of hydrogen-bond donors (Lipinski definition) is 2. The van der Waals surface area contributed by atoms with Gasteiger partial charge in [-0.3, -0.25) is 9.69 Å². The number of hydrogen-bond acceptors (Lipinski definition) is 4. The van der Waals surface area contributed by atoms with Gasteiger partial charge in [0, 0.05) is 30.6 Å². The molecular weight excluding hydrogens is 325 g/mol. The standard InChI is InChI=1S/C18H22FN3OS/c1-13-11-20-8-9-22(13)12-17(23)21-18(16-3-2-10-24-16)14-4-6-15(19)7-5-14/h2-7,10,13,18,20H,8-9,11-12H2,1H3,(H,21,23)/t13-,18?/m0/s1. The van der Waals surface area contributed by atoms with E-state index in [1.54, 1.807) is 23.5 Å². The minimum atomic E-state index is -0.273. The van der Waals surface area contributed by atoms with E-state index in [0.717, 1.165) is 30.1 Å². The van der Waals surface area contributed by atoms with Gasteiger partial charge < -0.3 is 10.6 Å². The highest BCUT2D eigenvalue weighted by Gasteiger charge is 2.23. The van der Waals surface area contributed by atoms with Crippen molar-refractivity contribution in [3.8, 4) is 0 Å². The molecule has 1 aromatic carbocycles. The van der Waals surface area contributed by atoms with Gasteiger partial charge >= 0.3 is 0 Å². The van der Waals surface area contributed by atoms with Gasteiger partial charge in [-0.15, -0.1) is 11.3 Å². The number of carbonyl (C=O) groups excluding carboxylic acids is 1. The molecule has 0 spiro atoms. The van der Waals surface area contributed by atoms with Crippen molar-refractivity contribution in [1.82, 2.24) is 15.5 Å². The Morgan fingerprint density at radius 3 is 2.88 bits per heavy atom. The van der Waals surface area contributed by atoms with Crippen LogP contribution in [0.2, 0.25) is 0 Å². The first-order chi connectivity index (χ1) is 11.6. The lowest BCUT2D eigenvalue weighted by atomic mass is 10.1. The summed E-state index contributed by atoms with van der Waals surface area (Å²) < 4.78 is 13.2. The maximum atomic E-state index is 13.2. The fraction of sp³-hybridized carbons (Fsp3) is 0.389. The molecule has 2 N–H and O–H groups in total. The van der Waals surface area contributed by atoms with Gasteiger partial charge in [0.15, 0.2) is 0 Å². The third kappa shape index (κ3) is 4.20. The van der Waals surface area contributed by atoms with Crippen LogP contribution in [0, 0.1) is 5.82 Å². The molecule has 1 saturated heterocycles. The van der Waals surface area contributed by atoms with Gasteiger partial charge in [0.05, 0.1) is 12.6 Å². The SMILES string of the molecule is C[C@H]1CNCCN1CC(=O)NC(c1ccc(F)cc1)c1cccs1. The zero-order valence-electron chi connectivity index (χ0n) is 13.7. The van der Waals surface area contributed by atoms with E-state index in [0.29, 0.717) is 12.6 Å². The first-order valence-corrected chi connectivity index (χ1v) is 9.04. The van der Waals surface area contributed by atoms with Crippen molar-refractivity contribution in [3.05, 3.63) is 58.0 Å². The fourth-order valence-electron chi connectivity index (χ4n) is 2.94. The predicted octanol–water partition coefficient (Wildman–Crippen LogP) is 2.39. The summed E-state index contributed by atoms with van der Waals surface area (Å²) in [7, 11) is 0. The summed E-state index contributed by atoms with van der Waals surface area (Å²) in [6, 6.07) is 10.4. The van der Waals surface area contributed by atoms with E-state index >= 15 is 0 Å². The summed E-state index contributed by atoms with van der Waals surface area (Å²) in [5.41, 5.74) is 0.889. The summed E-state index contributed by atoms with van der Waals surface area (Å²) in [5.74, 6) is -0.281. The van der Waals surface area contributed by atoms with Gasteiger partial charge in [0.1, 0.15) is 5.82 Å². The van der Waals surface area contributed by atoms with Crippen molar-refractivity contribution in [2.75, 3.05) is 26.2 Å². The Kier molecular flexibility index (Phi) is 5.60. The molecule has 2 atom stereocenters. The van der Waals surface area contributed by atoms with E-state index < -0.39 is 0 Å². The molecular formula is C18H22FN3OS. The van der Waals surface area contributed by atoms with Crippen molar-refractivity contribution in [2.45, 2.75) is 19.0 Å². The summed E-state index contributed by atoms with van der Waals surface area (Å²) in [5, 5.41) is 8.42. The summed E-state index contributed by atoms with van der Waals surface area (Å²) >= 11 is 1.59. The normalized spacial score (nSPS) is 19.8. The monoisotopic (exact) mass is 347 g/mol. The first-order valence-electron chi connectivity index (χ1n) is 8.16. The number of benzene rings is 1. The number of thiophene rings is 1. The zero-order valence-corrected chi connectivity index (χ0v) is 14.5. The Balaban J connectivity index is 1.72. The molecule has 128 valence electrons. The topological polar surface area (TPSA) is 44.4 Å². The van der Waals surface area contributed by atoms with Crippen molar-refractivity contribution < 1.29 is 9.18 Å². The molecule has 24 heavy (non-hydrogen) atoms. The zero-order chi connectivity index (χ0) is 16.9. The number of nitrogens with one attached hydrogen (secondary N) is 2. The van der Waals surface area contributed by atoms with Crippen molar-refractivity contribution in [1.29, 1.82) is 0 Å². The number of piperazine rings is 1. The molecule has 0 bridgehead atoms. The summed E-state index contributed by atoms with van der Waals surface area (Å²) in [6.07, 6.45) is 0. The molecule has 2 heterocycles. The lowest BCUT2D eigenvalue weighted by Crippen LogP contribution is -2.53. The van der Waals surface area contributed by atoms with E-state index in [4.69, 9.17) is 0 Å². The van der Waals surface area contributed by atoms with Crippen LogP contribution in [-0.4, -0.2) is 43.0 Å². The molecule has 6 heteroatoms. The quantitative estimate of drug-likeness (QED) is 0.873. The molecule has 3 rings (SSSR count). The highest BCUT2D eigenvalue weighted by molar-refractivity contribution is 7.10. The van der Waals surface area contributed by atoms with E-state index in [1.165, 1.54) is 12.1 Å². The van der Waals surface area contributed by atoms with E-state index in [-0.39, 0.29) is 17.8 Å². The Hall–Kier alpha value is -1.76. The number of halogens is 1. The summed E-state index contributed by atoms with van der Waals surface area (Å²) in [6.45, 7) is 5.18.